The van der Waals surface area contributed by atoms with Crippen molar-refractivity contribution in [3.63, 3.8) is 0 Å². The summed E-state index contributed by atoms with van der Waals surface area (Å²) in [6.07, 6.45) is 5.14. The van der Waals surface area contributed by atoms with Gasteiger partial charge in [-0.3, -0.25) is 0 Å². The molecule has 0 heterocycles. The topological polar surface area (TPSA) is 0 Å². The van der Waals surface area contributed by atoms with Crippen molar-refractivity contribution in [2.75, 3.05) is 0 Å². The second kappa shape index (κ2) is 1.13. The molecular weight excluding hydrogens is 152 g/mol. The van der Waals surface area contributed by atoms with E-state index >= 15 is 0 Å². The second-order valence-electron chi connectivity index (χ2n) is 2.48. The second-order valence-corrected chi connectivity index (χ2v) is 3.50. The molecule has 2 rings (SSSR count). The molecule has 0 aromatic heterocycles. The molecule has 7 heavy (non-hydrogen) atoms. The predicted octanol–water partition coefficient (Wildman–Crippen LogP) is 2.31. The lowest BCUT2D eigenvalue weighted by Crippen LogP contribution is -1.66. The molecule has 0 spiro atoms. The standard InChI is InChI=1S/C6H7Br/c7-6-2-4-1-5(4)3-6/h2,4-5H,1,3H2. The molecular formula is C6H7Br. The molecule has 2 unspecified atom stereocenters. The van der Waals surface area contributed by atoms with Gasteiger partial charge in [-0.1, -0.05) is 22.0 Å². The Morgan fingerprint density at radius 3 is 2.86 bits per heavy atom. The Hall–Kier alpha value is 0.220. The van der Waals surface area contributed by atoms with E-state index in [1.54, 1.807) is 0 Å². The van der Waals surface area contributed by atoms with E-state index in [0.717, 1.165) is 11.8 Å². The van der Waals surface area contributed by atoms with Gasteiger partial charge < -0.3 is 0 Å². The fourth-order valence-corrected chi connectivity index (χ4v) is 2.02. The zero-order chi connectivity index (χ0) is 4.85. The molecule has 1 heteroatoms. The van der Waals surface area contributed by atoms with Crippen LogP contribution in [-0.4, -0.2) is 0 Å². The summed E-state index contributed by atoms with van der Waals surface area (Å²) in [5.41, 5.74) is 0. The van der Waals surface area contributed by atoms with Crippen LogP contribution in [0.3, 0.4) is 0 Å². The maximum atomic E-state index is 3.47. The fourth-order valence-electron chi connectivity index (χ4n) is 1.26. The van der Waals surface area contributed by atoms with Crippen LogP contribution in [0.15, 0.2) is 10.6 Å². The first-order valence-corrected chi connectivity index (χ1v) is 3.52. The van der Waals surface area contributed by atoms with E-state index < -0.39 is 0 Å². The van der Waals surface area contributed by atoms with Crippen LogP contribution in [0.2, 0.25) is 0 Å². The summed E-state index contributed by atoms with van der Waals surface area (Å²) in [6.45, 7) is 0. The predicted molar refractivity (Wildman–Crippen MR) is 33.2 cm³/mol. The molecule has 0 N–H and O–H groups in total. The molecule has 0 aromatic rings. The largest absolute Gasteiger partial charge is 0.0709 e. The summed E-state index contributed by atoms with van der Waals surface area (Å²) in [5, 5.41) is 0. The van der Waals surface area contributed by atoms with E-state index in [0.29, 0.717) is 0 Å². The van der Waals surface area contributed by atoms with Gasteiger partial charge in [0.1, 0.15) is 0 Å². The van der Waals surface area contributed by atoms with E-state index in [1.807, 2.05) is 0 Å². The van der Waals surface area contributed by atoms with Crippen molar-refractivity contribution in [3.05, 3.63) is 10.6 Å². The molecule has 0 aromatic carbocycles. The highest BCUT2D eigenvalue weighted by molar-refractivity contribution is 9.11. The van der Waals surface area contributed by atoms with Gasteiger partial charge in [0.05, 0.1) is 0 Å². The van der Waals surface area contributed by atoms with Gasteiger partial charge in [0.2, 0.25) is 0 Å². The van der Waals surface area contributed by atoms with Crippen molar-refractivity contribution in [2.24, 2.45) is 11.8 Å². The molecule has 0 radical (unpaired) electrons. The third-order valence-corrected chi connectivity index (χ3v) is 2.42. The van der Waals surface area contributed by atoms with E-state index in [-0.39, 0.29) is 0 Å². The first kappa shape index (κ1) is 4.13. The summed E-state index contributed by atoms with van der Waals surface area (Å²) >= 11 is 3.47. The molecule has 0 amide bonds. The van der Waals surface area contributed by atoms with E-state index in [9.17, 15) is 0 Å². The lowest BCUT2D eigenvalue weighted by atomic mass is 10.3. The van der Waals surface area contributed by atoms with Crippen LogP contribution in [0, 0.1) is 11.8 Å². The monoisotopic (exact) mass is 158 g/mol. The number of fused-ring (bicyclic) bond motifs is 1. The van der Waals surface area contributed by atoms with Gasteiger partial charge >= 0.3 is 0 Å². The molecule has 1 saturated carbocycles. The quantitative estimate of drug-likeness (QED) is 0.508. The number of rotatable bonds is 0. The fraction of sp³-hybridized carbons (Fsp3) is 0.667. The van der Waals surface area contributed by atoms with Crippen LogP contribution in [0.1, 0.15) is 12.8 Å². The lowest BCUT2D eigenvalue weighted by molar-refractivity contribution is 0.851. The van der Waals surface area contributed by atoms with Gasteiger partial charge in [0.15, 0.2) is 0 Å². The van der Waals surface area contributed by atoms with Crippen LogP contribution >= 0.6 is 15.9 Å². The molecule has 2 atom stereocenters. The molecule has 2 aliphatic carbocycles. The van der Waals surface area contributed by atoms with E-state index in [2.05, 4.69) is 22.0 Å². The molecule has 0 aliphatic heterocycles. The Kier molecular flexibility index (Phi) is 0.670. The summed E-state index contributed by atoms with van der Waals surface area (Å²) in [6, 6.07) is 0. The molecule has 2 aliphatic rings. The van der Waals surface area contributed by atoms with Crippen LogP contribution in [0.4, 0.5) is 0 Å². The molecule has 0 bridgehead atoms. The Labute approximate surface area is 51.7 Å². The Morgan fingerprint density at radius 1 is 1.71 bits per heavy atom. The van der Waals surface area contributed by atoms with E-state index in [1.165, 1.54) is 17.3 Å². The van der Waals surface area contributed by atoms with E-state index in [4.69, 9.17) is 0 Å². The number of halogens is 1. The SMILES string of the molecule is BrC1=CC2CC2C1. The minimum absolute atomic E-state index is 0.981. The highest BCUT2D eigenvalue weighted by Gasteiger charge is 2.39. The third kappa shape index (κ3) is 0.548. The van der Waals surface area contributed by atoms with Crippen molar-refractivity contribution in [1.82, 2.24) is 0 Å². The van der Waals surface area contributed by atoms with Crippen LogP contribution in [-0.2, 0) is 0 Å². The van der Waals surface area contributed by atoms with Gasteiger partial charge in [-0.05, 0) is 29.2 Å². The molecule has 0 nitrogen and oxygen atoms in total. The van der Waals surface area contributed by atoms with Crippen molar-refractivity contribution in [1.29, 1.82) is 0 Å². The summed E-state index contributed by atoms with van der Waals surface area (Å²) in [5.74, 6) is 2.03. The van der Waals surface area contributed by atoms with Crippen molar-refractivity contribution < 1.29 is 0 Å². The summed E-state index contributed by atoms with van der Waals surface area (Å²) < 4.78 is 1.44. The minimum Gasteiger partial charge on any atom is -0.0709 e. The van der Waals surface area contributed by atoms with Crippen molar-refractivity contribution in [2.45, 2.75) is 12.8 Å². The van der Waals surface area contributed by atoms with Crippen molar-refractivity contribution in [3.8, 4) is 0 Å². The van der Waals surface area contributed by atoms with Gasteiger partial charge in [-0.15, -0.1) is 0 Å². The van der Waals surface area contributed by atoms with Crippen LogP contribution in [0.25, 0.3) is 0 Å². The Bertz CT molecular complexity index is 126. The third-order valence-electron chi connectivity index (χ3n) is 1.83. The summed E-state index contributed by atoms with van der Waals surface area (Å²) in [7, 11) is 0. The first-order chi connectivity index (χ1) is 3.36. The number of allylic oxidation sites excluding steroid dienone is 2. The highest BCUT2D eigenvalue weighted by Crippen LogP contribution is 2.51. The van der Waals surface area contributed by atoms with Crippen LogP contribution < -0.4 is 0 Å². The zero-order valence-electron chi connectivity index (χ0n) is 4.02. The normalized spacial score (nSPS) is 45.6. The van der Waals surface area contributed by atoms with Gasteiger partial charge in [-0.25, -0.2) is 0 Å². The smallest absolute Gasteiger partial charge is 0.00833 e. The van der Waals surface area contributed by atoms with Gasteiger partial charge in [0, 0.05) is 0 Å². The zero-order valence-corrected chi connectivity index (χ0v) is 5.61. The Morgan fingerprint density at radius 2 is 2.57 bits per heavy atom. The Balaban J connectivity index is 2.22. The lowest BCUT2D eigenvalue weighted by Gasteiger charge is -1.84. The maximum absolute atomic E-state index is 3.47. The van der Waals surface area contributed by atoms with Crippen LogP contribution in [0.5, 0.6) is 0 Å². The first-order valence-electron chi connectivity index (χ1n) is 2.72. The molecule has 0 saturated heterocycles. The molecule has 38 valence electrons. The minimum atomic E-state index is 0.981. The molecule has 1 fully saturated rings. The van der Waals surface area contributed by atoms with Gasteiger partial charge in [-0.2, -0.15) is 0 Å². The van der Waals surface area contributed by atoms with Crippen molar-refractivity contribution >= 4 is 15.9 Å². The average molecular weight is 159 g/mol. The van der Waals surface area contributed by atoms with Gasteiger partial charge in [0.25, 0.3) is 0 Å². The number of hydrogen-bond acceptors (Lipinski definition) is 0. The average Bonchev–Trinajstić information content (AvgIpc) is 2.15. The number of hydrogen-bond donors (Lipinski definition) is 0. The highest BCUT2D eigenvalue weighted by atomic mass is 79.9. The summed E-state index contributed by atoms with van der Waals surface area (Å²) in [4.78, 5) is 0. The maximum Gasteiger partial charge on any atom is -0.00833 e.